The fourth-order valence-corrected chi connectivity index (χ4v) is 4.41. The first-order valence-electron chi connectivity index (χ1n) is 7.71. The Hall–Kier alpha value is -1.88. The first-order valence-corrected chi connectivity index (χ1v) is 7.71. The smallest absolute Gasteiger partial charge is 0.250 e. The van der Waals surface area contributed by atoms with Gasteiger partial charge in [-0.2, -0.15) is 0 Å². The number of nitrogens with two attached hydrogens (primary N) is 1. The first kappa shape index (κ1) is 12.8. The van der Waals surface area contributed by atoms with Gasteiger partial charge < -0.3 is 10.7 Å². The Bertz CT molecular complexity index is 712. The number of benzene rings is 1. The number of para-hydroxylation sites is 1. The Morgan fingerprint density at radius 1 is 1.48 bits per heavy atom. The van der Waals surface area contributed by atoms with Crippen molar-refractivity contribution >= 4 is 16.9 Å². The minimum Gasteiger partial charge on any atom is -0.366 e. The van der Waals surface area contributed by atoms with Crippen LogP contribution in [0.25, 0.3) is 11.0 Å². The molecule has 110 valence electrons. The number of fused-ring (bicyclic) bond motifs is 3. The van der Waals surface area contributed by atoms with Gasteiger partial charge in [0.25, 0.3) is 5.91 Å². The van der Waals surface area contributed by atoms with E-state index in [1.807, 2.05) is 12.1 Å². The molecule has 5 nitrogen and oxygen atoms in total. The number of aromatic nitrogens is 2. The number of rotatable bonds is 3. The number of aromatic amines is 1. The molecule has 0 saturated carbocycles. The standard InChI is InChI=1S/C16H20N4O/c1-2-20-10-6-8-16(20,9-7-10)15-18-12-5-3-4-11(14(17)21)13(12)19-15/h3-5,10H,2,6-9H2,1H3,(H2,17,21)(H,18,19). The summed E-state index contributed by atoms with van der Waals surface area (Å²) in [6, 6.07) is 6.26. The number of hydrogen-bond donors (Lipinski definition) is 2. The molecule has 1 aromatic carbocycles. The Morgan fingerprint density at radius 2 is 2.24 bits per heavy atom. The Kier molecular flexibility index (Phi) is 2.63. The quantitative estimate of drug-likeness (QED) is 0.906. The van der Waals surface area contributed by atoms with Crippen molar-refractivity contribution in [3.63, 3.8) is 0 Å². The molecule has 0 radical (unpaired) electrons. The van der Waals surface area contributed by atoms with Crippen molar-refractivity contribution in [2.75, 3.05) is 6.54 Å². The Balaban J connectivity index is 1.88. The van der Waals surface area contributed by atoms with Gasteiger partial charge >= 0.3 is 0 Å². The molecule has 0 unspecified atom stereocenters. The fraction of sp³-hybridized carbons (Fsp3) is 0.500. The van der Waals surface area contributed by atoms with E-state index in [9.17, 15) is 4.79 Å². The topological polar surface area (TPSA) is 75.0 Å². The highest BCUT2D eigenvalue weighted by molar-refractivity contribution is 6.04. The number of carbonyl (C=O) groups is 1. The predicted octanol–water partition coefficient (Wildman–Crippen LogP) is 2.14. The number of primary amides is 1. The zero-order valence-corrected chi connectivity index (χ0v) is 12.2. The van der Waals surface area contributed by atoms with Crippen LogP contribution in [-0.4, -0.2) is 33.4 Å². The summed E-state index contributed by atoms with van der Waals surface area (Å²) in [6.07, 6.45) is 4.79. The molecule has 2 fully saturated rings. The highest BCUT2D eigenvalue weighted by atomic mass is 16.1. The molecular formula is C16H20N4O. The van der Waals surface area contributed by atoms with Crippen LogP contribution < -0.4 is 5.73 Å². The minimum atomic E-state index is -0.417. The molecule has 2 bridgehead atoms. The second-order valence-corrected chi connectivity index (χ2v) is 6.20. The number of nitrogens with zero attached hydrogens (tertiary/aromatic N) is 2. The molecule has 2 saturated heterocycles. The molecule has 5 heteroatoms. The third-order valence-electron chi connectivity index (χ3n) is 5.33. The second kappa shape index (κ2) is 4.31. The van der Waals surface area contributed by atoms with Crippen molar-refractivity contribution in [2.45, 2.75) is 44.2 Å². The van der Waals surface area contributed by atoms with Gasteiger partial charge in [-0.25, -0.2) is 4.98 Å². The van der Waals surface area contributed by atoms with Crippen LogP contribution in [0, 0.1) is 0 Å². The summed E-state index contributed by atoms with van der Waals surface area (Å²) in [5.74, 6) is 0.590. The first-order chi connectivity index (χ1) is 10.2. The molecule has 21 heavy (non-hydrogen) atoms. The summed E-state index contributed by atoms with van der Waals surface area (Å²) in [5, 5.41) is 0. The summed E-state index contributed by atoms with van der Waals surface area (Å²) >= 11 is 0. The van der Waals surface area contributed by atoms with E-state index in [1.165, 1.54) is 12.8 Å². The van der Waals surface area contributed by atoms with Crippen molar-refractivity contribution in [2.24, 2.45) is 5.73 Å². The van der Waals surface area contributed by atoms with Crippen molar-refractivity contribution in [3.05, 3.63) is 29.6 Å². The highest BCUT2D eigenvalue weighted by Gasteiger charge is 2.53. The minimum absolute atomic E-state index is 0.0351. The van der Waals surface area contributed by atoms with Crippen LogP contribution in [0.3, 0.4) is 0 Å². The number of H-pyrrole nitrogens is 1. The molecule has 2 aliphatic rings. The van der Waals surface area contributed by atoms with Crippen molar-refractivity contribution in [3.8, 4) is 0 Å². The lowest BCUT2D eigenvalue weighted by molar-refractivity contribution is 0.100. The third kappa shape index (κ3) is 1.61. The molecular weight excluding hydrogens is 264 g/mol. The van der Waals surface area contributed by atoms with Crippen molar-refractivity contribution < 1.29 is 4.79 Å². The van der Waals surface area contributed by atoms with E-state index in [1.54, 1.807) is 6.07 Å². The van der Waals surface area contributed by atoms with Crippen LogP contribution in [0.4, 0.5) is 0 Å². The molecule has 0 aliphatic carbocycles. The third-order valence-corrected chi connectivity index (χ3v) is 5.33. The summed E-state index contributed by atoms with van der Waals surface area (Å²) in [6.45, 7) is 3.26. The van der Waals surface area contributed by atoms with Gasteiger partial charge in [0.2, 0.25) is 0 Å². The van der Waals surface area contributed by atoms with Crippen LogP contribution in [0.2, 0.25) is 0 Å². The maximum atomic E-state index is 11.6. The van der Waals surface area contributed by atoms with Gasteiger partial charge in [0.05, 0.1) is 16.6 Å². The van der Waals surface area contributed by atoms with Crippen LogP contribution in [0.1, 0.15) is 48.8 Å². The Labute approximate surface area is 123 Å². The van der Waals surface area contributed by atoms with E-state index in [-0.39, 0.29) is 5.54 Å². The maximum absolute atomic E-state index is 11.6. The molecule has 1 amide bonds. The maximum Gasteiger partial charge on any atom is 0.250 e. The molecule has 2 aliphatic heterocycles. The molecule has 0 spiro atoms. The van der Waals surface area contributed by atoms with E-state index in [4.69, 9.17) is 10.7 Å². The van der Waals surface area contributed by atoms with Gasteiger partial charge in [-0.3, -0.25) is 9.69 Å². The Morgan fingerprint density at radius 3 is 2.90 bits per heavy atom. The van der Waals surface area contributed by atoms with E-state index < -0.39 is 5.91 Å². The number of hydrogen-bond acceptors (Lipinski definition) is 3. The van der Waals surface area contributed by atoms with Gasteiger partial charge in [-0.05, 0) is 44.4 Å². The highest BCUT2D eigenvalue weighted by Crippen LogP contribution is 2.51. The zero-order chi connectivity index (χ0) is 14.6. The van der Waals surface area contributed by atoms with Gasteiger partial charge in [-0.15, -0.1) is 0 Å². The molecule has 3 heterocycles. The lowest BCUT2D eigenvalue weighted by Crippen LogP contribution is -2.39. The monoisotopic (exact) mass is 284 g/mol. The molecule has 4 rings (SSSR count). The van der Waals surface area contributed by atoms with E-state index in [0.29, 0.717) is 17.1 Å². The normalized spacial score (nSPS) is 28.5. The molecule has 3 N–H and O–H groups in total. The number of carbonyl (C=O) groups excluding carboxylic acids is 1. The van der Waals surface area contributed by atoms with E-state index in [2.05, 4.69) is 16.8 Å². The van der Waals surface area contributed by atoms with Crippen LogP contribution in [0.15, 0.2) is 18.2 Å². The average molecular weight is 284 g/mol. The number of nitrogens with one attached hydrogen (secondary N) is 1. The lowest BCUT2D eigenvalue weighted by Gasteiger charge is -2.32. The number of imidazole rings is 1. The molecule has 0 atom stereocenters. The zero-order valence-electron chi connectivity index (χ0n) is 12.2. The van der Waals surface area contributed by atoms with E-state index >= 15 is 0 Å². The summed E-state index contributed by atoms with van der Waals surface area (Å²) < 4.78 is 0. The van der Waals surface area contributed by atoms with Gasteiger partial charge in [-0.1, -0.05) is 13.0 Å². The van der Waals surface area contributed by atoms with Crippen molar-refractivity contribution in [1.82, 2.24) is 14.9 Å². The average Bonchev–Trinajstić information content (AvgIpc) is 3.17. The lowest BCUT2D eigenvalue weighted by atomic mass is 9.87. The molecule has 2 aromatic rings. The van der Waals surface area contributed by atoms with Crippen LogP contribution >= 0.6 is 0 Å². The van der Waals surface area contributed by atoms with Crippen molar-refractivity contribution in [1.29, 1.82) is 0 Å². The molecule has 1 aromatic heterocycles. The second-order valence-electron chi connectivity index (χ2n) is 6.20. The summed E-state index contributed by atoms with van der Waals surface area (Å²) in [7, 11) is 0. The van der Waals surface area contributed by atoms with Gasteiger partial charge in [0, 0.05) is 6.04 Å². The fourth-order valence-electron chi connectivity index (χ4n) is 4.41. The van der Waals surface area contributed by atoms with Crippen LogP contribution in [0.5, 0.6) is 0 Å². The summed E-state index contributed by atoms with van der Waals surface area (Å²) in [5.41, 5.74) is 7.62. The predicted molar refractivity (Wildman–Crippen MR) is 80.9 cm³/mol. The summed E-state index contributed by atoms with van der Waals surface area (Å²) in [4.78, 5) is 22.4. The van der Waals surface area contributed by atoms with Crippen LogP contribution in [-0.2, 0) is 5.54 Å². The largest absolute Gasteiger partial charge is 0.366 e. The van der Waals surface area contributed by atoms with Gasteiger partial charge in [0.1, 0.15) is 11.3 Å². The van der Waals surface area contributed by atoms with Gasteiger partial charge in [0.15, 0.2) is 0 Å². The SMILES string of the molecule is CCN1C2CCC1(c1nc3c(C(N)=O)cccc3[nH]1)CC2. The van der Waals surface area contributed by atoms with E-state index in [0.717, 1.165) is 30.7 Å². The number of amides is 1.